The molecule has 2 aliphatic heterocycles. The lowest BCUT2D eigenvalue weighted by Crippen LogP contribution is -2.38. The summed E-state index contributed by atoms with van der Waals surface area (Å²) in [6, 6.07) is 8.65. The van der Waals surface area contributed by atoms with E-state index in [-0.39, 0.29) is 11.9 Å². The molecule has 4 heterocycles. The molecule has 1 unspecified atom stereocenters. The van der Waals surface area contributed by atoms with E-state index in [0.29, 0.717) is 29.7 Å². The van der Waals surface area contributed by atoms with Crippen LogP contribution in [0.5, 0.6) is 0 Å². The topological polar surface area (TPSA) is 83.5 Å². The van der Waals surface area contributed by atoms with Gasteiger partial charge in [0.25, 0.3) is 5.91 Å². The second-order valence-electron chi connectivity index (χ2n) is 8.69. The molecule has 0 aliphatic carbocycles. The van der Waals surface area contributed by atoms with Gasteiger partial charge in [0.2, 0.25) is 0 Å². The number of para-hydroxylation sites is 1. The van der Waals surface area contributed by atoms with Gasteiger partial charge in [-0.05, 0) is 51.5 Å². The third-order valence-corrected chi connectivity index (χ3v) is 7.14. The van der Waals surface area contributed by atoms with E-state index >= 15 is 0 Å². The first-order chi connectivity index (χ1) is 15.6. The number of aromatic nitrogens is 3. The SMILES string of the molecule is CN(C)CCC1CN(c2ncnc3sc(C(=O)NC4CCOCC4)nc23)c2ccccc21. The highest BCUT2D eigenvalue weighted by molar-refractivity contribution is 7.20. The average molecular weight is 453 g/mol. The van der Waals surface area contributed by atoms with Crippen molar-refractivity contribution in [2.75, 3.05) is 45.3 Å². The van der Waals surface area contributed by atoms with Gasteiger partial charge in [0.05, 0.1) is 0 Å². The second kappa shape index (κ2) is 9.09. The molecule has 1 fully saturated rings. The summed E-state index contributed by atoms with van der Waals surface area (Å²) in [4.78, 5) is 31.7. The maximum Gasteiger partial charge on any atom is 0.280 e. The maximum absolute atomic E-state index is 12.8. The summed E-state index contributed by atoms with van der Waals surface area (Å²) >= 11 is 1.32. The molecule has 32 heavy (non-hydrogen) atoms. The molecule has 0 bridgehead atoms. The van der Waals surface area contributed by atoms with E-state index in [9.17, 15) is 4.79 Å². The minimum Gasteiger partial charge on any atom is -0.381 e. The number of thiazole rings is 1. The van der Waals surface area contributed by atoms with Crippen molar-refractivity contribution in [1.29, 1.82) is 0 Å². The number of benzene rings is 1. The zero-order valence-corrected chi connectivity index (χ0v) is 19.3. The lowest BCUT2D eigenvalue weighted by Gasteiger charge is -2.22. The Hall–Kier alpha value is -2.62. The molecule has 2 aromatic heterocycles. The fraction of sp³-hybridized carbons (Fsp3) is 0.478. The highest BCUT2D eigenvalue weighted by atomic mass is 32.1. The quantitative estimate of drug-likeness (QED) is 0.615. The van der Waals surface area contributed by atoms with Gasteiger partial charge in [-0.25, -0.2) is 15.0 Å². The zero-order valence-electron chi connectivity index (χ0n) is 18.5. The van der Waals surface area contributed by atoms with Crippen LogP contribution in [-0.2, 0) is 4.74 Å². The molecule has 1 atom stereocenters. The van der Waals surface area contributed by atoms with Crippen LogP contribution in [0, 0.1) is 0 Å². The van der Waals surface area contributed by atoms with Crippen LogP contribution in [0.3, 0.4) is 0 Å². The van der Waals surface area contributed by atoms with E-state index in [1.807, 2.05) is 0 Å². The van der Waals surface area contributed by atoms with Gasteiger partial charge < -0.3 is 19.9 Å². The number of nitrogens with one attached hydrogen (secondary N) is 1. The minimum absolute atomic E-state index is 0.136. The standard InChI is InChI=1S/C23H28N6O2S/c1-28(2)10-7-15-13-29(18-6-4-3-5-17(15)18)20-19-22(25-14-24-20)32-23(27-19)21(30)26-16-8-11-31-12-9-16/h3-6,14-16H,7-13H2,1-2H3,(H,26,30). The normalized spacial score (nSPS) is 19.0. The van der Waals surface area contributed by atoms with E-state index in [2.05, 4.69) is 63.4 Å². The first-order valence-electron chi connectivity index (χ1n) is 11.1. The van der Waals surface area contributed by atoms with Crippen molar-refractivity contribution < 1.29 is 9.53 Å². The molecule has 8 nitrogen and oxygen atoms in total. The molecule has 1 saturated heterocycles. The summed E-state index contributed by atoms with van der Waals surface area (Å²) in [6.07, 6.45) is 4.32. The summed E-state index contributed by atoms with van der Waals surface area (Å²) in [6.45, 7) is 3.24. The van der Waals surface area contributed by atoms with Gasteiger partial charge in [-0.2, -0.15) is 0 Å². The lowest BCUT2D eigenvalue weighted by molar-refractivity contribution is 0.0696. The van der Waals surface area contributed by atoms with Gasteiger partial charge in [-0.3, -0.25) is 4.79 Å². The fourth-order valence-corrected chi connectivity index (χ4v) is 5.29. The first-order valence-corrected chi connectivity index (χ1v) is 11.9. The Kier molecular flexibility index (Phi) is 6.03. The predicted molar refractivity (Wildman–Crippen MR) is 126 cm³/mol. The molecule has 1 N–H and O–H groups in total. The van der Waals surface area contributed by atoms with Crippen LogP contribution < -0.4 is 10.2 Å². The Morgan fingerprint density at radius 3 is 2.88 bits per heavy atom. The Labute approximate surface area is 191 Å². The average Bonchev–Trinajstić information content (AvgIpc) is 3.40. The van der Waals surface area contributed by atoms with Crippen molar-refractivity contribution in [1.82, 2.24) is 25.2 Å². The Morgan fingerprint density at radius 1 is 1.25 bits per heavy atom. The number of nitrogens with zero attached hydrogens (tertiary/aromatic N) is 5. The van der Waals surface area contributed by atoms with Gasteiger partial charge >= 0.3 is 0 Å². The smallest absolute Gasteiger partial charge is 0.280 e. The summed E-state index contributed by atoms with van der Waals surface area (Å²) < 4.78 is 5.38. The first kappa shape index (κ1) is 21.2. The number of rotatable bonds is 6. The van der Waals surface area contributed by atoms with E-state index in [1.54, 1.807) is 6.33 Å². The molecule has 9 heteroatoms. The molecule has 0 spiro atoms. The second-order valence-corrected chi connectivity index (χ2v) is 9.67. The van der Waals surface area contributed by atoms with E-state index in [0.717, 1.165) is 48.7 Å². The molecular formula is C23H28N6O2S. The van der Waals surface area contributed by atoms with Crippen LogP contribution >= 0.6 is 11.3 Å². The number of anilines is 2. The molecule has 5 rings (SSSR count). The predicted octanol–water partition coefficient (Wildman–Crippen LogP) is 3.18. The van der Waals surface area contributed by atoms with Gasteiger partial charge in [0.15, 0.2) is 10.8 Å². The van der Waals surface area contributed by atoms with Crippen molar-refractivity contribution in [2.45, 2.75) is 31.2 Å². The van der Waals surface area contributed by atoms with Gasteiger partial charge in [-0.15, -0.1) is 0 Å². The maximum atomic E-state index is 12.8. The van der Waals surface area contributed by atoms with Crippen molar-refractivity contribution in [3.05, 3.63) is 41.2 Å². The lowest BCUT2D eigenvalue weighted by atomic mass is 9.98. The van der Waals surface area contributed by atoms with E-state index in [1.165, 1.54) is 16.9 Å². The Balaban J connectivity index is 1.43. The van der Waals surface area contributed by atoms with Crippen molar-refractivity contribution in [3.8, 4) is 0 Å². The van der Waals surface area contributed by atoms with Gasteiger partial charge in [0.1, 0.15) is 16.7 Å². The molecular weight excluding hydrogens is 424 g/mol. The highest BCUT2D eigenvalue weighted by Crippen LogP contribution is 2.43. The van der Waals surface area contributed by atoms with E-state index in [4.69, 9.17) is 9.72 Å². The van der Waals surface area contributed by atoms with Crippen LogP contribution in [0.4, 0.5) is 11.5 Å². The number of hydrogen-bond acceptors (Lipinski definition) is 8. The Bertz CT molecular complexity index is 1110. The van der Waals surface area contributed by atoms with Crippen molar-refractivity contribution >= 4 is 39.1 Å². The fourth-order valence-electron chi connectivity index (χ4n) is 4.48. The van der Waals surface area contributed by atoms with Crippen LogP contribution in [0.15, 0.2) is 30.6 Å². The molecule has 2 aliphatic rings. The number of ether oxygens (including phenoxy) is 1. The molecule has 3 aromatic rings. The molecule has 0 radical (unpaired) electrons. The summed E-state index contributed by atoms with van der Waals surface area (Å²) in [5.41, 5.74) is 3.20. The molecule has 1 aromatic carbocycles. The summed E-state index contributed by atoms with van der Waals surface area (Å²) in [5.74, 6) is 1.06. The largest absolute Gasteiger partial charge is 0.381 e. The van der Waals surface area contributed by atoms with Crippen LogP contribution in [0.1, 0.15) is 40.5 Å². The molecule has 168 valence electrons. The number of carbonyl (C=O) groups is 1. The van der Waals surface area contributed by atoms with Crippen LogP contribution in [-0.4, -0.2) is 72.2 Å². The third-order valence-electron chi connectivity index (χ3n) is 6.18. The molecule has 0 saturated carbocycles. The monoisotopic (exact) mass is 452 g/mol. The van der Waals surface area contributed by atoms with Gasteiger partial charge in [0, 0.05) is 37.4 Å². The highest BCUT2D eigenvalue weighted by Gasteiger charge is 2.32. The summed E-state index contributed by atoms with van der Waals surface area (Å²) in [5, 5.41) is 3.53. The third kappa shape index (κ3) is 4.20. The number of amides is 1. The number of fused-ring (bicyclic) bond motifs is 2. The van der Waals surface area contributed by atoms with E-state index < -0.39 is 0 Å². The van der Waals surface area contributed by atoms with Crippen molar-refractivity contribution in [2.24, 2.45) is 0 Å². The Morgan fingerprint density at radius 2 is 2.06 bits per heavy atom. The number of carbonyl (C=O) groups excluding carboxylic acids is 1. The van der Waals surface area contributed by atoms with Crippen LogP contribution in [0.2, 0.25) is 0 Å². The van der Waals surface area contributed by atoms with Crippen molar-refractivity contribution in [3.63, 3.8) is 0 Å². The molecule has 1 amide bonds. The van der Waals surface area contributed by atoms with Gasteiger partial charge in [-0.1, -0.05) is 29.5 Å². The number of hydrogen-bond donors (Lipinski definition) is 1. The summed E-state index contributed by atoms with van der Waals surface area (Å²) in [7, 11) is 4.21. The minimum atomic E-state index is -0.142. The van der Waals surface area contributed by atoms with Crippen LogP contribution in [0.25, 0.3) is 10.3 Å². The zero-order chi connectivity index (χ0) is 22.1.